The number of ether oxygens (including phenoxy) is 1. The molecule has 1 heterocycles. The van der Waals surface area contributed by atoms with Crippen LogP contribution in [0.3, 0.4) is 0 Å². The van der Waals surface area contributed by atoms with Gasteiger partial charge < -0.3 is 10.1 Å². The second kappa shape index (κ2) is 6.04. The van der Waals surface area contributed by atoms with Crippen molar-refractivity contribution in [1.82, 2.24) is 15.0 Å². The van der Waals surface area contributed by atoms with Gasteiger partial charge >= 0.3 is 0 Å². The summed E-state index contributed by atoms with van der Waals surface area (Å²) in [6, 6.07) is 7.70. The van der Waals surface area contributed by atoms with Gasteiger partial charge in [0.15, 0.2) is 0 Å². The van der Waals surface area contributed by atoms with Gasteiger partial charge in [-0.05, 0) is 47.8 Å². The van der Waals surface area contributed by atoms with Gasteiger partial charge in [0.2, 0.25) is 16.5 Å². The van der Waals surface area contributed by atoms with E-state index in [9.17, 15) is 0 Å². The van der Waals surface area contributed by atoms with Gasteiger partial charge in [0, 0.05) is 0 Å². The van der Waals surface area contributed by atoms with Crippen molar-refractivity contribution in [2.75, 3.05) is 12.4 Å². The molecule has 1 aromatic carbocycles. The Morgan fingerprint density at radius 1 is 1.05 bits per heavy atom. The van der Waals surface area contributed by atoms with Gasteiger partial charge in [-0.25, -0.2) is 0 Å². The number of methoxy groups -OCH3 is 1. The van der Waals surface area contributed by atoms with Gasteiger partial charge in [-0.15, -0.1) is 0 Å². The molecule has 0 aliphatic carbocycles. The summed E-state index contributed by atoms with van der Waals surface area (Å²) in [5, 5.41) is 3.22. The maximum atomic E-state index is 5.72. The predicted molar refractivity (Wildman–Crippen MR) is 74.9 cm³/mol. The van der Waals surface area contributed by atoms with Crippen LogP contribution < -0.4 is 10.1 Å². The normalized spacial score (nSPS) is 12.0. The number of aromatic nitrogens is 3. The van der Waals surface area contributed by atoms with Crippen molar-refractivity contribution < 1.29 is 4.74 Å². The van der Waals surface area contributed by atoms with E-state index in [0.29, 0.717) is 5.95 Å². The monoisotopic (exact) mass is 298 g/mol. The van der Waals surface area contributed by atoms with E-state index in [1.165, 1.54) is 0 Å². The van der Waals surface area contributed by atoms with Gasteiger partial charge in [0.25, 0.3) is 0 Å². The average Bonchev–Trinajstić information content (AvgIpc) is 2.37. The Labute approximate surface area is 121 Å². The molecule has 7 heteroatoms. The van der Waals surface area contributed by atoms with Gasteiger partial charge in [-0.2, -0.15) is 15.0 Å². The Hall–Kier alpha value is -1.59. The van der Waals surface area contributed by atoms with E-state index in [-0.39, 0.29) is 16.6 Å². The number of nitrogens with zero attached hydrogens (tertiary/aromatic N) is 3. The molecule has 0 fully saturated rings. The lowest BCUT2D eigenvalue weighted by atomic mass is 10.1. The number of hydrogen-bond acceptors (Lipinski definition) is 5. The molecule has 0 saturated carbocycles. The first kappa shape index (κ1) is 13.8. The third-order valence-electron chi connectivity index (χ3n) is 2.54. The van der Waals surface area contributed by atoms with Crippen molar-refractivity contribution in [3.05, 3.63) is 40.4 Å². The van der Waals surface area contributed by atoms with Gasteiger partial charge in [0.1, 0.15) is 5.75 Å². The second-order valence-corrected chi connectivity index (χ2v) is 4.51. The molecule has 1 aromatic heterocycles. The van der Waals surface area contributed by atoms with Crippen LogP contribution in [0.4, 0.5) is 5.95 Å². The molecule has 100 valence electrons. The molecule has 0 amide bonds. The average molecular weight is 299 g/mol. The zero-order valence-electron chi connectivity index (χ0n) is 10.4. The summed E-state index contributed by atoms with van der Waals surface area (Å²) in [4.78, 5) is 11.6. The van der Waals surface area contributed by atoms with Crippen LogP contribution in [0.5, 0.6) is 5.75 Å². The molecular formula is C12H12Cl2N4O. The Kier molecular flexibility index (Phi) is 4.39. The Morgan fingerprint density at radius 3 is 2.16 bits per heavy atom. The molecule has 5 nitrogen and oxygen atoms in total. The lowest BCUT2D eigenvalue weighted by Gasteiger charge is -2.14. The largest absolute Gasteiger partial charge is 0.497 e. The quantitative estimate of drug-likeness (QED) is 0.938. The molecule has 2 aromatic rings. The molecule has 1 unspecified atom stereocenters. The minimum atomic E-state index is 0.000407. The van der Waals surface area contributed by atoms with E-state index in [1.807, 2.05) is 31.2 Å². The highest BCUT2D eigenvalue weighted by Gasteiger charge is 2.09. The summed E-state index contributed by atoms with van der Waals surface area (Å²) in [5.41, 5.74) is 1.06. The SMILES string of the molecule is COc1ccc(C(C)Nc2nc(Cl)nc(Cl)n2)cc1. The molecule has 1 N–H and O–H groups in total. The summed E-state index contributed by atoms with van der Waals surface area (Å²) in [6.45, 7) is 1.98. The lowest BCUT2D eigenvalue weighted by molar-refractivity contribution is 0.414. The predicted octanol–water partition coefficient (Wildman–Crippen LogP) is 3.36. The van der Waals surface area contributed by atoms with Crippen LogP contribution in [-0.4, -0.2) is 22.1 Å². The molecule has 0 spiro atoms. The minimum absolute atomic E-state index is 0.000407. The number of halogens is 2. The maximum Gasteiger partial charge on any atom is 0.228 e. The van der Waals surface area contributed by atoms with Crippen molar-refractivity contribution in [2.24, 2.45) is 0 Å². The summed E-state index contributed by atoms with van der Waals surface area (Å²) < 4.78 is 5.11. The van der Waals surface area contributed by atoms with Crippen molar-refractivity contribution in [3.63, 3.8) is 0 Å². The smallest absolute Gasteiger partial charge is 0.228 e. The Balaban J connectivity index is 2.13. The zero-order valence-corrected chi connectivity index (χ0v) is 11.9. The fraction of sp³-hybridized carbons (Fsp3) is 0.250. The lowest BCUT2D eigenvalue weighted by Crippen LogP contribution is -2.10. The standard InChI is InChI=1S/C12H12Cl2N4O/c1-7(8-3-5-9(19-2)6-4-8)15-12-17-10(13)16-11(14)18-12/h3-7H,1-2H3,(H,15,16,17,18). The molecule has 19 heavy (non-hydrogen) atoms. The highest BCUT2D eigenvalue weighted by molar-refractivity contribution is 6.31. The molecular weight excluding hydrogens is 287 g/mol. The highest BCUT2D eigenvalue weighted by Crippen LogP contribution is 2.20. The van der Waals surface area contributed by atoms with Crippen LogP contribution in [0, 0.1) is 0 Å². The number of nitrogens with one attached hydrogen (secondary N) is 1. The van der Waals surface area contributed by atoms with Crippen LogP contribution in [0.25, 0.3) is 0 Å². The van der Waals surface area contributed by atoms with Gasteiger partial charge in [-0.1, -0.05) is 12.1 Å². The van der Waals surface area contributed by atoms with E-state index < -0.39 is 0 Å². The second-order valence-electron chi connectivity index (χ2n) is 3.84. The van der Waals surface area contributed by atoms with E-state index in [1.54, 1.807) is 7.11 Å². The minimum Gasteiger partial charge on any atom is -0.497 e. The third kappa shape index (κ3) is 3.68. The van der Waals surface area contributed by atoms with E-state index in [2.05, 4.69) is 20.3 Å². The fourth-order valence-electron chi connectivity index (χ4n) is 1.56. The van der Waals surface area contributed by atoms with E-state index in [4.69, 9.17) is 27.9 Å². The van der Waals surface area contributed by atoms with Crippen molar-refractivity contribution in [1.29, 1.82) is 0 Å². The Morgan fingerprint density at radius 2 is 1.63 bits per heavy atom. The molecule has 0 radical (unpaired) electrons. The van der Waals surface area contributed by atoms with E-state index >= 15 is 0 Å². The fourth-order valence-corrected chi connectivity index (χ4v) is 1.92. The van der Waals surface area contributed by atoms with Crippen molar-refractivity contribution in [3.8, 4) is 5.75 Å². The Bertz CT molecular complexity index is 542. The van der Waals surface area contributed by atoms with Gasteiger partial charge in [0.05, 0.1) is 13.2 Å². The van der Waals surface area contributed by atoms with Crippen LogP contribution in [0.1, 0.15) is 18.5 Å². The first-order valence-corrected chi connectivity index (χ1v) is 6.31. The van der Waals surface area contributed by atoms with Crippen molar-refractivity contribution in [2.45, 2.75) is 13.0 Å². The molecule has 1 atom stereocenters. The van der Waals surface area contributed by atoms with Crippen molar-refractivity contribution >= 4 is 29.2 Å². The number of benzene rings is 1. The number of anilines is 1. The highest BCUT2D eigenvalue weighted by atomic mass is 35.5. The molecule has 0 saturated heterocycles. The summed E-state index contributed by atoms with van der Waals surface area (Å²) >= 11 is 11.4. The third-order valence-corrected chi connectivity index (χ3v) is 2.88. The number of hydrogen-bond donors (Lipinski definition) is 1. The van der Waals surface area contributed by atoms with E-state index in [0.717, 1.165) is 11.3 Å². The summed E-state index contributed by atoms with van der Waals surface area (Å²) in [5.74, 6) is 1.15. The molecule has 0 bridgehead atoms. The molecule has 0 aliphatic heterocycles. The topological polar surface area (TPSA) is 59.9 Å². The van der Waals surface area contributed by atoms with Crippen LogP contribution in [0.2, 0.25) is 10.6 Å². The first-order valence-electron chi connectivity index (χ1n) is 5.56. The summed E-state index contributed by atoms with van der Waals surface area (Å²) in [6.07, 6.45) is 0. The summed E-state index contributed by atoms with van der Waals surface area (Å²) in [7, 11) is 1.63. The maximum absolute atomic E-state index is 5.72. The van der Waals surface area contributed by atoms with Crippen LogP contribution in [-0.2, 0) is 0 Å². The molecule has 0 aliphatic rings. The first-order chi connectivity index (χ1) is 9.08. The van der Waals surface area contributed by atoms with Crippen LogP contribution >= 0.6 is 23.2 Å². The zero-order chi connectivity index (χ0) is 13.8. The number of rotatable bonds is 4. The van der Waals surface area contributed by atoms with Gasteiger partial charge in [-0.3, -0.25) is 0 Å². The van der Waals surface area contributed by atoms with Crippen LogP contribution in [0.15, 0.2) is 24.3 Å². The molecule has 2 rings (SSSR count).